The molecule has 2 nitrogen and oxygen atoms in total. The molecular formula is C6H11FN2. The minimum Gasteiger partial charge on any atom is -0.269 e. The Morgan fingerprint density at radius 1 is 1.67 bits per heavy atom. The van der Waals surface area contributed by atoms with Gasteiger partial charge in [-0.25, -0.2) is 9.40 Å². The molecule has 52 valence electrons. The number of hydrogen-bond acceptors (Lipinski definition) is 2. The van der Waals surface area contributed by atoms with Gasteiger partial charge in [-0.3, -0.25) is 5.84 Å². The molecule has 0 aliphatic carbocycles. The Hall–Kier alpha value is -0.410. The van der Waals surface area contributed by atoms with E-state index in [1.54, 1.807) is 6.08 Å². The fourth-order valence-corrected chi connectivity index (χ4v) is 0.860. The molecule has 0 saturated carbocycles. The van der Waals surface area contributed by atoms with Crippen LogP contribution in [0.5, 0.6) is 0 Å². The zero-order valence-corrected chi connectivity index (χ0v) is 5.26. The summed E-state index contributed by atoms with van der Waals surface area (Å²) in [5.41, 5.74) is 0. The molecule has 1 aliphatic heterocycles. The first-order chi connectivity index (χ1) is 4.29. The van der Waals surface area contributed by atoms with Crippen LogP contribution < -0.4 is 5.84 Å². The Bertz CT molecular complexity index is 114. The Kier molecular flexibility index (Phi) is 2.19. The summed E-state index contributed by atoms with van der Waals surface area (Å²) in [5, 5.41) is 1.50. The number of nitrogens with zero attached hydrogens (tertiary/aromatic N) is 1. The Morgan fingerprint density at radius 3 is 3.22 bits per heavy atom. The van der Waals surface area contributed by atoms with Crippen molar-refractivity contribution in [3.05, 3.63) is 12.2 Å². The summed E-state index contributed by atoms with van der Waals surface area (Å²) < 4.78 is 12.5. The van der Waals surface area contributed by atoms with Crippen LogP contribution in [-0.4, -0.2) is 24.3 Å². The topological polar surface area (TPSA) is 29.3 Å². The van der Waals surface area contributed by atoms with Gasteiger partial charge in [0.15, 0.2) is 0 Å². The number of rotatable bonds is 0. The number of halogens is 1. The lowest BCUT2D eigenvalue weighted by Crippen LogP contribution is -2.35. The summed E-state index contributed by atoms with van der Waals surface area (Å²) in [4.78, 5) is 0. The molecule has 0 fully saturated rings. The Labute approximate surface area is 54.1 Å². The molecule has 9 heavy (non-hydrogen) atoms. The molecule has 0 radical (unpaired) electrons. The second-order valence-electron chi connectivity index (χ2n) is 2.23. The molecule has 1 aliphatic rings. The molecule has 2 N–H and O–H groups in total. The predicted octanol–water partition coefficient (Wildman–Crippen LogP) is 0.460. The van der Waals surface area contributed by atoms with Gasteiger partial charge in [0.05, 0.1) is 0 Å². The van der Waals surface area contributed by atoms with Crippen LogP contribution in [0.1, 0.15) is 6.42 Å². The van der Waals surface area contributed by atoms with E-state index in [0.717, 1.165) is 13.0 Å². The van der Waals surface area contributed by atoms with E-state index in [0.29, 0.717) is 6.54 Å². The van der Waals surface area contributed by atoms with Crippen LogP contribution in [0.15, 0.2) is 12.2 Å². The van der Waals surface area contributed by atoms with Gasteiger partial charge >= 0.3 is 0 Å². The molecule has 0 aromatic rings. The summed E-state index contributed by atoms with van der Waals surface area (Å²) in [5.74, 6) is 5.38. The molecule has 0 bridgehead atoms. The lowest BCUT2D eigenvalue weighted by atomic mass is 10.3. The predicted molar refractivity (Wildman–Crippen MR) is 34.4 cm³/mol. The zero-order valence-electron chi connectivity index (χ0n) is 5.26. The third-order valence-corrected chi connectivity index (χ3v) is 1.34. The highest BCUT2D eigenvalue weighted by molar-refractivity contribution is 4.93. The standard InChI is InChI=1S/C6H11FN2/c7-6-3-1-2-4-9(8)5-6/h1,3,6H,2,4-5,8H2. The van der Waals surface area contributed by atoms with Crippen molar-refractivity contribution < 1.29 is 4.39 Å². The molecule has 1 rings (SSSR count). The number of hydrazine groups is 1. The van der Waals surface area contributed by atoms with E-state index < -0.39 is 6.17 Å². The quantitative estimate of drug-likeness (QED) is 0.381. The van der Waals surface area contributed by atoms with Crippen LogP contribution in [0.3, 0.4) is 0 Å². The molecule has 1 heterocycles. The van der Waals surface area contributed by atoms with E-state index in [4.69, 9.17) is 5.84 Å². The summed E-state index contributed by atoms with van der Waals surface area (Å²) in [7, 11) is 0. The number of nitrogens with two attached hydrogens (primary N) is 1. The van der Waals surface area contributed by atoms with Gasteiger partial charge in [0, 0.05) is 13.1 Å². The van der Waals surface area contributed by atoms with Crippen LogP contribution in [0, 0.1) is 0 Å². The van der Waals surface area contributed by atoms with Crippen molar-refractivity contribution in [3.8, 4) is 0 Å². The highest BCUT2D eigenvalue weighted by Crippen LogP contribution is 2.01. The maximum atomic E-state index is 12.5. The van der Waals surface area contributed by atoms with E-state index in [-0.39, 0.29) is 0 Å². The maximum absolute atomic E-state index is 12.5. The molecule has 0 spiro atoms. The average Bonchev–Trinajstić information content (AvgIpc) is 1.93. The maximum Gasteiger partial charge on any atom is 0.132 e. The lowest BCUT2D eigenvalue weighted by molar-refractivity contribution is 0.231. The summed E-state index contributed by atoms with van der Waals surface area (Å²) >= 11 is 0. The zero-order chi connectivity index (χ0) is 6.69. The van der Waals surface area contributed by atoms with Crippen molar-refractivity contribution in [3.63, 3.8) is 0 Å². The fourth-order valence-electron chi connectivity index (χ4n) is 0.860. The summed E-state index contributed by atoms with van der Waals surface area (Å²) in [6.07, 6.45) is 3.37. The molecular weight excluding hydrogens is 119 g/mol. The van der Waals surface area contributed by atoms with Crippen molar-refractivity contribution in [2.75, 3.05) is 13.1 Å². The number of hydrogen-bond donors (Lipinski definition) is 1. The third-order valence-electron chi connectivity index (χ3n) is 1.34. The smallest absolute Gasteiger partial charge is 0.132 e. The largest absolute Gasteiger partial charge is 0.269 e. The summed E-state index contributed by atoms with van der Waals surface area (Å²) in [6.45, 7) is 1.09. The third kappa shape index (κ3) is 2.11. The first-order valence-electron chi connectivity index (χ1n) is 3.09. The van der Waals surface area contributed by atoms with Crippen LogP contribution in [-0.2, 0) is 0 Å². The monoisotopic (exact) mass is 130 g/mol. The van der Waals surface area contributed by atoms with E-state index in [1.165, 1.54) is 5.01 Å². The Morgan fingerprint density at radius 2 is 2.44 bits per heavy atom. The van der Waals surface area contributed by atoms with Gasteiger partial charge in [0.2, 0.25) is 0 Å². The first kappa shape index (κ1) is 6.71. The fraction of sp³-hybridized carbons (Fsp3) is 0.667. The van der Waals surface area contributed by atoms with E-state index in [1.807, 2.05) is 6.08 Å². The van der Waals surface area contributed by atoms with Crippen LogP contribution >= 0.6 is 0 Å². The average molecular weight is 130 g/mol. The highest BCUT2D eigenvalue weighted by atomic mass is 19.1. The van der Waals surface area contributed by atoms with Gasteiger partial charge in [0.25, 0.3) is 0 Å². The second kappa shape index (κ2) is 2.94. The van der Waals surface area contributed by atoms with Gasteiger partial charge in [-0.15, -0.1) is 0 Å². The molecule has 0 aromatic heterocycles. The molecule has 1 unspecified atom stereocenters. The molecule has 0 saturated heterocycles. The molecule has 0 aromatic carbocycles. The van der Waals surface area contributed by atoms with E-state index >= 15 is 0 Å². The van der Waals surface area contributed by atoms with Gasteiger partial charge in [-0.1, -0.05) is 12.2 Å². The Balaban J connectivity index is 2.40. The van der Waals surface area contributed by atoms with Gasteiger partial charge < -0.3 is 0 Å². The minimum absolute atomic E-state index is 0.330. The van der Waals surface area contributed by atoms with Gasteiger partial charge in [-0.2, -0.15) is 0 Å². The highest BCUT2D eigenvalue weighted by Gasteiger charge is 2.08. The van der Waals surface area contributed by atoms with Crippen molar-refractivity contribution in [1.29, 1.82) is 0 Å². The van der Waals surface area contributed by atoms with Crippen molar-refractivity contribution in [1.82, 2.24) is 5.01 Å². The van der Waals surface area contributed by atoms with Crippen LogP contribution in [0.2, 0.25) is 0 Å². The summed E-state index contributed by atoms with van der Waals surface area (Å²) in [6, 6.07) is 0. The molecule has 3 heteroatoms. The molecule has 1 atom stereocenters. The van der Waals surface area contributed by atoms with Crippen molar-refractivity contribution in [2.45, 2.75) is 12.6 Å². The second-order valence-corrected chi connectivity index (χ2v) is 2.23. The normalized spacial score (nSPS) is 30.2. The van der Waals surface area contributed by atoms with Crippen LogP contribution in [0.25, 0.3) is 0 Å². The van der Waals surface area contributed by atoms with E-state index in [2.05, 4.69) is 0 Å². The van der Waals surface area contributed by atoms with Gasteiger partial charge in [-0.05, 0) is 6.42 Å². The van der Waals surface area contributed by atoms with E-state index in [9.17, 15) is 4.39 Å². The lowest BCUT2D eigenvalue weighted by Gasteiger charge is -2.12. The first-order valence-corrected chi connectivity index (χ1v) is 3.09. The van der Waals surface area contributed by atoms with Crippen molar-refractivity contribution >= 4 is 0 Å². The number of alkyl halides is 1. The SMILES string of the molecule is NN1CCC=CC(F)C1. The van der Waals surface area contributed by atoms with Crippen molar-refractivity contribution in [2.24, 2.45) is 5.84 Å². The minimum atomic E-state index is -0.877. The van der Waals surface area contributed by atoms with Crippen LogP contribution in [0.4, 0.5) is 4.39 Å². The molecule has 0 amide bonds. The van der Waals surface area contributed by atoms with Gasteiger partial charge in [0.1, 0.15) is 6.17 Å².